The molecule has 6 nitrogen and oxygen atoms in total. The van der Waals surface area contributed by atoms with Gasteiger partial charge in [-0.15, -0.1) is 0 Å². The second kappa shape index (κ2) is 7.99. The molecular formula is C23H20FIN5O-. The van der Waals surface area contributed by atoms with Crippen LogP contribution in [0.3, 0.4) is 0 Å². The summed E-state index contributed by atoms with van der Waals surface area (Å²) in [5.74, 6) is -0.335. The summed E-state index contributed by atoms with van der Waals surface area (Å²) < 4.78 is 18.0. The second-order valence-electron chi connectivity index (χ2n) is 7.56. The van der Waals surface area contributed by atoms with E-state index in [0.717, 1.165) is 17.0 Å². The van der Waals surface area contributed by atoms with Gasteiger partial charge in [-0.2, -0.15) is 0 Å². The van der Waals surface area contributed by atoms with Crippen LogP contribution in [0.2, 0.25) is 0 Å². The van der Waals surface area contributed by atoms with E-state index in [-0.39, 0.29) is 39.5 Å². The maximum absolute atomic E-state index is 13.7. The first-order chi connectivity index (χ1) is 15.0. The molecule has 0 spiro atoms. The van der Waals surface area contributed by atoms with Gasteiger partial charge in [0.15, 0.2) is 0 Å². The van der Waals surface area contributed by atoms with Crippen LogP contribution >= 0.6 is 0 Å². The zero-order valence-corrected chi connectivity index (χ0v) is 19.3. The number of nitrogens with zero attached hydrogens (tertiary/aromatic N) is 5. The molecule has 0 fully saturated rings. The van der Waals surface area contributed by atoms with Crippen molar-refractivity contribution in [3.8, 4) is 22.6 Å². The maximum atomic E-state index is 13.7. The minimum atomic E-state index is -0.350. The molecule has 3 aromatic rings. The molecule has 5 rings (SSSR count). The first-order valence-electron chi connectivity index (χ1n) is 9.93. The molecule has 0 unspecified atom stereocenters. The van der Waals surface area contributed by atoms with E-state index < -0.39 is 0 Å². The Labute approximate surface area is 189 Å². The van der Waals surface area contributed by atoms with E-state index in [4.69, 9.17) is 0 Å². The average molecular weight is 528 g/mol. The number of aliphatic imine (C=N–C) groups is 1. The summed E-state index contributed by atoms with van der Waals surface area (Å²) in [6, 6.07) is 13.4. The van der Waals surface area contributed by atoms with Crippen LogP contribution in [0.25, 0.3) is 22.6 Å². The Kier molecular flexibility index (Phi) is 5.17. The molecule has 0 N–H and O–H groups in total. The molecule has 0 saturated carbocycles. The van der Waals surface area contributed by atoms with Gasteiger partial charge in [0.2, 0.25) is 0 Å². The van der Waals surface area contributed by atoms with Crippen LogP contribution in [-0.4, -0.2) is 42.4 Å². The van der Waals surface area contributed by atoms with Crippen molar-refractivity contribution in [1.82, 2.24) is 19.7 Å². The minimum absolute atomic E-state index is 0.0151. The van der Waals surface area contributed by atoms with Crippen molar-refractivity contribution in [3.63, 3.8) is 0 Å². The monoisotopic (exact) mass is 528 g/mol. The number of carbonyl (C=O) groups is 1. The van der Waals surface area contributed by atoms with Gasteiger partial charge in [-0.25, -0.2) is 4.39 Å². The van der Waals surface area contributed by atoms with Crippen LogP contribution in [0.5, 0.6) is 0 Å². The van der Waals surface area contributed by atoms with Gasteiger partial charge in [0.1, 0.15) is 0 Å². The Balaban J connectivity index is 1.45. The van der Waals surface area contributed by atoms with Crippen LogP contribution in [0, 0.1) is 12.7 Å². The van der Waals surface area contributed by atoms with E-state index in [0.29, 0.717) is 30.0 Å². The normalized spacial score (nSPS) is 15.7. The van der Waals surface area contributed by atoms with Crippen LogP contribution in [0.15, 0.2) is 62.9 Å². The molecule has 31 heavy (non-hydrogen) atoms. The molecule has 2 aliphatic rings. The molecule has 1 amide bonds. The van der Waals surface area contributed by atoms with Crippen molar-refractivity contribution in [2.45, 2.75) is 20.4 Å². The Morgan fingerprint density at radius 3 is 2.68 bits per heavy atom. The van der Waals surface area contributed by atoms with E-state index in [9.17, 15) is 9.18 Å². The number of hydrogen-bond acceptors (Lipinski definition) is 4. The van der Waals surface area contributed by atoms with Crippen molar-refractivity contribution < 1.29 is 30.4 Å². The van der Waals surface area contributed by atoms with Gasteiger partial charge in [0.25, 0.3) is 0 Å². The number of carbonyl (C=O) groups excluding carboxylic acids is 1. The molecule has 8 heteroatoms. The van der Waals surface area contributed by atoms with Gasteiger partial charge < -0.3 is 0 Å². The van der Waals surface area contributed by atoms with Gasteiger partial charge >= 0.3 is 186 Å². The summed E-state index contributed by atoms with van der Waals surface area (Å²) in [4.78, 5) is 23.8. The molecular weight excluding hydrogens is 508 g/mol. The molecule has 2 aliphatic heterocycles. The number of pyridine rings is 1. The summed E-state index contributed by atoms with van der Waals surface area (Å²) in [6.07, 6.45) is 1.21. The SMILES string of the molecule is CC1=NC2=C(CN(C(=O)Cn3nc(-c4cc(C)c(F)cn4)cc3-c3ccccc3)C2)[I-]1. The number of halogens is 2. The molecule has 0 atom stereocenters. The standard InChI is InChI=1S/C23H20FIN5O/c1-14-8-19(26-10-17(14)24)20-9-22(16-6-4-3-5-7-16)30(28-20)13-23(31)29-11-18-21(12-29)27-15(2)25-18/h3-10H,11-13H2,1-2H3/q-1. The van der Waals surface area contributed by atoms with Gasteiger partial charge in [-0.3, -0.25) is 0 Å². The summed E-state index contributed by atoms with van der Waals surface area (Å²) in [5.41, 5.74) is 4.57. The molecule has 1 aromatic carbocycles. The molecule has 158 valence electrons. The van der Waals surface area contributed by atoms with Gasteiger partial charge in [-0.1, -0.05) is 0 Å². The number of aromatic nitrogens is 3. The third-order valence-electron chi connectivity index (χ3n) is 5.32. The van der Waals surface area contributed by atoms with Gasteiger partial charge in [0, 0.05) is 0 Å². The van der Waals surface area contributed by atoms with Gasteiger partial charge in [0.05, 0.1) is 0 Å². The first-order valence-corrected chi connectivity index (χ1v) is 12.1. The van der Waals surface area contributed by atoms with Crippen LogP contribution < -0.4 is 21.2 Å². The number of benzene rings is 1. The van der Waals surface area contributed by atoms with E-state index >= 15 is 0 Å². The summed E-state index contributed by atoms with van der Waals surface area (Å²) >= 11 is -0.179. The van der Waals surface area contributed by atoms with Crippen molar-refractivity contribution in [2.75, 3.05) is 13.1 Å². The first kappa shape index (κ1) is 20.0. The topological polar surface area (TPSA) is 63.4 Å². The fraction of sp³-hybridized carbons (Fsp3) is 0.217. The third-order valence-corrected chi connectivity index (χ3v) is 7.96. The van der Waals surface area contributed by atoms with Crippen molar-refractivity contribution in [1.29, 1.82) is 0 Å². The zero-order valence-electron chi connectivity index (χ0n) is 17.1. The summed E-state index contributed by atoms with van der Waals surface area (Å²) in [7, 11) is 0. The summed E-state index contributed by atoms with van der Waals surface area (Å²) in [5, 5.41) is 4.67. The van der Waals surface area contributed by atoms with Crippen LogP contribution in [-0.2, 0) is 11.3 Å². The van der Waals surface area contributed by atoms with Crippen molar-refractivity contribution in [2.24, 2.45) is 4.99 Å². The summed E-state index contributed by atoms with van der Waals surface area (Å²) in [6.45, 7) is 5.16. The number of hydrogen-bond donors (Lipinski definition) is 0. The van der Waals surface area contributed by atoms with E-state index in [1.54, 1.807) is 17.7 Å². The molecule has 4 heterocycles. The fourth-order valence-electron chi connectivity index (χ4n) is 3.72. The molecule has 0 aliphatic carbocycles. The number of amides is 1. The Morgan fingerprint density at radius 2 is 1.94 bits per heavy atom. The molecule has 2 aromatic heterocycles. The Bertz CT molecular complexity index is 1250. The predicted molar refractivity (Wildman–Crippen MR) is 112 cm³/mol. The Hall–Kier alpha value is -2.88. The van der Waals surface area contributed by atoms with E-state index in [1.165, 1.54) is 13.5 Å². The molecule has 0 saturated heterocycles. The quantitative estimate of drug-likeness (QED) is 0.467. The third kappa shape index (κ3) is 3.91. The fourth-order valence-corrected chi connectivity index (χ4v) is 6.26. The van der Waals surface area contributed by atoms with E-state index in [1.807, 2.05) is 41.3 Å². The zero-order chi connectivity index (χ0) is 21.5. The van der Waals surface area contributed by atoms with Crippen LogP contribution in [0.1, 0.15) is 12.5 Å². The van der Waals surface area contributed by atoms with Crippen molar-refractivity contribution >= 4 is 9.63 Å². The van der Waals surface area contributed by atoms with Crippen molar-refractivity contribution in [3.05, 3.63) is 69.3 Å². The molecule has 0 radical (unpaired) electrons. The Morgan fingerprint density at radius 1 is 1.13 bits per heavy atom. The number of rotatable bonds is 4. The predicted octanol–water partition coefficient (Wildman–Crippen LogP) is 0.634. The van der Waals surface area contributed by atoms with Crippen LogP contribution in [0.4, 0.5) is 4.39 Å². The molecule has 0 bridgehead atoms. The second-order valence-corrected chi connectivity index (χ2v) is 11.0. The van der Waals surface area contributed by atoms with Gasteiger partial charge in [-0.05, 0) is 0 Å². The average Bonchev–Trinajstić information content (AvgIpc) is 3.43. The van der Waals surface area contributed by atoms with E-state index in [2.05, 4.69) is 22.0 Å². The number of aryl methyl sites for hydroxylation is 1.